The molecule has 1 atom stereocenters. The summed E-state index contributed by atoms with van der Waals surface area (Å²) in [6, 6.07) is 5.03. The van der Waals surface area contributed by atoms with Crippen LogP contribution in [-0.4, -0.2) is 30.6 Å². The molecule has 2 aliphatic rings. The van der Waals surface area contributed by atoms with Gasteiger partial charge in [-0.3, -0.25) is 4.90 Å². The first-order valence-electron chi connectivity index (χ1n) is 8.02. The van der Waals surface area contributed by atoms with E-state index in [9.17, 15) is 4.39 Å². The van der Waals surface area contributed by atoms with Crippen LogP contribution in [-0.2, 0) is 0 Å². The molecule has 1 saturated heterocycles. The molecule has 1 saturated carbocycles. The molecule has 1 aromatic carbocycles. The summed E-state index contributed by atoms with van der Waals surface area (Å²) in [7, 11) is 1.50. The average molecular weight is 292 g/mol. The molecule has 3 rings (SSSR count). The monoisotopic (exact) mass is 292 g/mol. The maximum atomic E-state index is 14.6. The SMILES string of the molecule is COc1cccc(C(N)C2(N3CCCC3)CCCC2)c1F. The first-order valence-corrected chi connectivity index (χ1v) is 8.02. The molecule has 0 spiro atoms. The van der Waals surface area contributed by atoms with Crippen LogP contribution in [0.3, 0.4) is 0 Å². The summed E-state index contributed by atoms with van der Waals surface area (Å²) in [6.07, 6.45) is 6.99. The van der Waals surface area contributed by atoms with Crippen molar-refractivity contribution in [2.45, 2.75) is 50.1 Å². The number of benzene rings is 1. The summed E-state index contributed by atoms with van der Waals surface area (Å²) < 4.78 is 19.7. The van der Waals surface area contributed by atoms with Gasteiger partial charge in [0.1, 0.15) is 0 Å². The van der Waals surface area contributed by atoms with E-state index in [-0.39, 0.29) is 23.1 Å². The molecule has 2 fully saturated rings. The highest BCUT2D eigenvalue weighted by molar-refractivity contribution is 5.35. The Hall–Kier alpha value is -1.13. The molecular formula is C17H25FN2O. The summed E-state index contributed by atoms with van der Waals surface area (Å²) in [5.41, 5.74) is 7.14. The zero-order chi connectivity index (χ0) is 14.9. The van der Waals surface area contributed by atoms with Crippen LogP contribution in [0.2, 0.25) is 0 Å². The van der Waals surface area contributed by atoms with E-state index in [2.05, 4.69) is 4.90 Å². The quantitative estimate of drug-likeness (QED) is 0.926. The normalized spacial score (nSPS) is 23.4. The lowest BCUT2D eigenvalue weighted by Crippen LogP contribution is -2.52. The lowest BCUT2D eigenvalue weighted by atomic mass is 9.82. The lowest BCUT2D eigenvalue weighted by Gasteiger charge is -2.43. The number of rotatable bonds is 4. The molecule has 1 aliphatic carbocycles. The predicted octanol–water partition coefficient (Wildman–Crippen LogP) is 3.24. The van der Waals surface area contributed by atoms with E-state index in [0.717, 1.165) is 25.9 Å². The van der Waals surface area contributed by atoms with Gasteiger partial charge in [-0.1, -0.05) is 25.0 Å². The summed E-state index contributed by atoms with van der Waals surface area (Å²) in [4.78, 5) is 2.52. The number of hydrogen-bond acceptors (Lipinski definition) is 3. The molecule has 0 bridgehead atoms. The predicted molar refractivity (Wildman–Crippen MR) is 81.9 cm³/mol. The summed E-state index contributed by atoms with van der Waals surface area (Å²) in [5, 5.41) is 0. The molecule has 3 nitrogen and oxygen atoms in total. The second-order valence-electron chi connectivity index (χ2n) is 6.35. The number of ether oxygens (including phenoxy) is 1. The number of halogens is 1. The van der Waals surface area contributed by atoms with Crippen LogP contribution < -0.4 is 10.5 Å². The van der Waals surface area contributed by atoms with Crippen molar-refractivity contribution in [1.82, 2.24) is 4.90 Å². The number of nitrogens with two attached hydrogens (primary N) is 1. The summed E-state index contributed by atoms with van der Waals surface area (Å²) in [5.74, 6) is -0.00418. The number of hydrogen-bond donors (Lipinski definition) is 1. The van der Waals surface area contributed by atoms with Gasteiger partial charge in [0.05, 0.1) is 13.2 Å². The van der Waals surface area contributed by atoms with Crippen molar-refractivity contribution in [2.75, 3.05) is 20.2 Å². The van der Waals surface area contributed by atoms with Gasteiger partial charge in [0.15, 0.2) is 11.6 Å². The standard InChI is InChI=1S/C17H25FN2O/c1-21-14-8-6-7-13(15(14)18)16(19)17(9-2-3-10-17)20-11-4-5-12-20/h6-8,16H,2-5,9-12,19H2,1H3. The molecule has 1 aliphatic heterocycles. The highest BCUT2D eigenvalue weighted by atomic mass is 19.1. The lowest BCUT2D eigenvalue weighted by molar-refractivity contribution is 0.0906. The van der Waals surface area contributed by atoms with Gasteiger partial charge in [-0.05, 0) is 44.8 Å². The van der Waals surface area contributed by atoms with Gasteiger partial charge in [-0.15, -0.1) is 0 Å². The minimum atomic E-state index is -0.294. The van der Waals surface area contributed by atoms with E-state index in [1.54, 1.807) is 6.07 Å². The van der Waals surface area contributed by atoms with Gasteiger partial charge in [0.25, 0.3) is 0 Å². The Bertz CT molecular complexity index is 494. The van der Waals surface area contributed by atoms with Gasteiger partial charge >= 0.3 is 0 Å². The van der Waals surface area contributed by atoms with Crippen molar-refractivity contribution in [2.24, 2.45) is 5.73 Å². The Labute approximate surface area is 126 Å². The van der Waals surface area contributed by atoms with Crippen molar-refractivity contribution in [3.63, 3.8) is 0 Å². The van der Waals surface area contributed by atoms with Gasteiger partial charge < -0.3 is 10.5 Å². The van der Waals surface area contributed by atoms with Gasteiger partial charge in [0, 0.05) is 11.1 Å². The Kier molecular flexibility index (Phi) is 4.18. The van der Waals surface area contributed by atoms with Crippen molar-refractivity contribution in [3.8, 4) is 5.75 Å². The number of methoxy groups -OCH3 is 1. The highest BCUT2D eigenvalue weighted by Gasteiger charge is 2.46. The van der Waals surface area contributed by atoms with Gasteiger partial charge in [-0.2, -0.15) is 0 Å². The first kappa shape index (κ1) is 14.8. The van der Waals surface area contributed by atoms with Crippen LogP contribution in [0.1, 0.15) is 50.1 Å². The molecule has 116 valence electrons. The Morgan fingerprint density at radius 3 is 2.48 bits per heavy atom. The third kappa shape index (κ3) is 2.44. The van der Waals surface area contributed by atoms with Crippen molar-refractivity contribution in [3.05, 3.63) is 29.6 Å². The number of nitrogens with zero attached hydrogens (tertiary/aromatic N) is 1. The minimum Gasteiger partial charge on any atom is -0.494 e. The second kappa shape index (κ2) is 5.93. The van der Waals surface area contributed by atoms with Crippen LogP contribution in [0.15, 0.2) is 18.2 Å². The molecule has 0 radical (unpaired) electrons. The van der Waals surface area contributed by atoms with Crippen molar-refractivity contribution in [1.29, 1.82) is 0 Å². The maximum absolute atomic E-state index is 14.6. The van der Waals surface area contributed by atoms with E-state index in [0.29, 0.717) is 5.56 Å². The van der Waals surface area contributed by atoms with E-state index in [4.69, 9.17) is 10.5 Å². The fourth-order valence-electron chi connectivity index (χ4n) is 4.19. The first-order chi connectivity index (χ1) is 10.2. The molecule has 0 amide bonds. The number of likely N-dealkylation sites (tertiary alicyclic amines) is 1. The zero-order valence-electron chi connectivity index (χ0n) is 12.8. The summed E-state index contributed by atoms with van der Waals surface area (Å²) >= 11 is 0. The largest absolute Gasteiger partial charge is 0.494 e. The molecule has 1 heterocycles. The minimum absolute atomic E-state index is 0.0658. The Morgan fingerprint density at radius 2 is 1.86 bits per heavy atom. The molecule has 4 heteroatoms. The van der Waals surface area contributed by atoms with Crippen LogP contribution in [0.25, 0.3) is 0 Å². The Balaban J connectivity index is 1.96. The zero-order valence-corrected chi connectivity index (χ0v) is 12.8. The third-order valence-electron chi connectivity index (χ3n) is 5.33. The molecule has 0 aromatic heterocycles. The van der Waals surface area contributed by atoms with E-state index < -0.39 is 0 Å². The van der Waals surface area contributed by atoms with Crippen LogP contribution >= 0.6 is 0 Å². The molecular weight excluding hydrogens is 267 g/mol. The average Bonchev–Trinajstić information content (AvgIpc) is 3.18. The highest BCUT2D eigenvalue weighted by Crippen LogP contribution is 2.45. The maximum Gasteiger partial charge on any atom is 0.169 e. The van der Waals surface area contributed by atoms with Crippen LogP contribution in [0.4, 0.5) is 4.39 Å². The second-order valence-corrected chi connectivity index (χ2v) is 6.35. The molecule has 21 heavy (non-hydrogen) atoms. The topological polar surface area (TPSA) is 38.5 Å². The van der Waals surface area contributed by atoms with Crippen molar-refractivity contribution < 1.29 is 9.13 Å². The van der Waals surface area contributed by atoms with Crippen LogP contribution in [0, 0.1) is 5.82 Å². The van der Waals surface area contributed by atoms with Crippen LogP contribution in [0.5, 0.6) is 5.75 Å². The van der Waals surface area contributed by atoms with Gasteiger partial charge in [0.2, 0.25) is 0 Å². The van der Waals surface area contributed by atoms with E-state index in [1.807, 2.05) is 12.1 Å². The fraction of sp³-hybridized carbons (Fsp3) is 0.647. The van der Waals surface area contributed by atoms with Gasteiger partial charge in [-0.25, -0.2) is 4.39 Å². The fourth-order valence-corrected chi connectivity index (χ4v) is 4.19. The molecule has 2 N–H and O–H groups in total. The van der Waals surface area contributed by atoms with E-state index in [1.165, 1.54) is 32.8 Å². The summed E-state index contributed by atoms with van der Waals surface area (Å²) in [6.45, 7) is 2.19. The molecule has 1 unspecified atom stereocenters. The smallest absolute Gasteiger partial charge is 0.169 e. The third-order valence-corrected chi connectivity index (χ3v) is 5.33. The Morgan fingerprint density at radius 1 is 1.19 bits per heavy atom. The van der Waals surface area contributed by atoms with Crippen molar-refractivity contribution >= 4 is 0 Å². The molecule has 1 aromatic rings. The van der Waals surface area contributed by atoms with E-state index >= 15 is 0 Å².